The molecule has 2 aromatic heterocycles. The van der Waals surface area contributed by atoms with Gasteiger partial charge in [-0.05, 0) is 86.2 Å². The number of anilines is 2. The van der Waals surface area contributed by atoms with Gasteiger partial charge in [0.05, 0.1) is 28.1 Å². The van der Waals surface area contributed by atoms with Crippen LogP contribution >= 0.6 is 0 Å². The van der Waals surface area contributed by atoms with E-state index < -0.39 is 10.0 Å². The van der Waals surface area contributed by atoms with Gasteiger partial charge in [-0.15, -0.1) is 0 Å². The Morgan fingerprint density at radius 1 is 1.00 bits per heavy atom. The Morgan fingerprint density at radius 3 is 2.37 bits per heavy atom. The highest BCUT2D eigenvalue weighted by Gasteiger charge is 2.27. The van der Waals surface area contributed by atoms with Crippen LogP contribution in [0.4, 0.5) is 16.0 Å². The Balaban J connectivity index is 1.20. The molecule has 49 heavy (non-hydrogen) atoms. The first kappa shape index (κ1) is 34.0. The number of hydrogen-bond acceptors (Lipinski definition) is 8. The summed E-state index contributed by atoms with van der Waals surface area (Å²) in [6.45, 7) is 3.12. The zero-order valence-electron chi connectivity index (χ0n) is 27.5. The predicted octanol–water partition coefficient (Wildman–Crippen LogP) is 6.08. The van der Waals surface area contributed by atoms with Gasteiger partial charge >= 0.3 is 0 Å². The fraction of sp³-hybridized carbons (Fsp3) is 0.333. The average molecular weight is 686 g/mol. The van der Waals surface area contributed by atoms with Crippen molar-refractivity contribution in [1.82, 2.24) is 25.1 Å². The molecule has 1 fully saturated rings. The topological polar surface area (TPSA) is 142 Å². The molecule has 5 aromatic rings. The van der Waals surface area contributed by atoms with Crippen molar-refractivity contribution in [2.45, 2.75) is 69.0 Å². The minimum absolute atomic E-state index is 0.0820. The Hall–Kier alpha value is -4.88. The molecule has 0 saturated heterocycles. The van der Waals surface area contributed by atoms with Crippen molar-refractivity contribution in [3.8, 4) is 11.3 Å². The lowest BCUT2D eigenvalue weighted by Crippen LogP contribution is -2.27. The third-order valence-electron chi connectivity index (χ3n) is 8.92. The number of nitrogens with one attached hydrogen (secondary N) is 2. The minimum Gasteiger partial charge on any atom is -0.393 e. The van der Waals surface area contributed by atoms with Gasteiger partial charge in [-0.2, -0.15) is 10.1 Å². The highest BCUT2D eigenvalue weighted by atomic mass is 32.2. The zero-order chi connectivity index (χ0) is 34.5. The molecule has 1 aliphatic rings. The number of sulfonamides is 1. The van der Waals surface area contributed by atoms with Crippen molar-refractivity contribution in [2.75, 3.05) is 23.2 Å². The van der Waals surface area contributed by atoms with Crippen LogP contribution in [0, 0.1) is 5.82 Å². The first-order valence-electron chi connectivity index (χ1n) is 16.5. The fourth-order valence-corrected chi connectivity index (χ4v) is 7.14. The Bertz CT molecular complexity index is 2010. The Morgan fingerprint density at radius 2 is 1.69 bits per heavy atom. The molecule has 3 N–H and O–H groups in total. The van der Waals surface area contributed by atoms with E-state index in [1.165, 1.54) is 23.5 Å². The quantitative estimate of drug-likeness (QED) is 0.134. The van der Waals surface area contributed by atoms with Crippen LogP contribution in [-0.4, -0.2) is 58.9 Å². The van der Waals surface area contributed by atoms with E-state index in [4.69, 9.17) is 10.1 Å². The molecule has 6 rings (SSSR count). The van der Waals surface area contributed by atoms with E-state index in [1.807, 2.05) is 4.68 Å². The van der Waals surface area contributed by atoms with Gasteiger partial charge in [0.15, 0.2) is 5.65 Å². The van der Waals surface area contributed by atoms with E-state index in [0.29, 0.717) is 41.4 Å². The van der Waals surface area contributed by atoms with E-state index in [2.05, 4.69) is 22.5 Å². The summed E-state index contributed by atoms with van der Waals surface area (Å²) in [6, 6.07) is 18.8. The summed E-state index contributed by atoms with van der Waals surface area (Å²) in [5.41, 5.74) is 3.60. The maximum atomic E-state index is 13.6. The molecule has 1 amide bonds. The number of unbranched alkanes of at least 4 members (excludes halogenated alkanes) is 1. The summed E-state index contributed by atoms with van der Waals surface area (Å²) in [6.07, 6.45) is 6.47. The minimum atomic E-state index is -3.93. The molecule has 256 valence electrons. The largest absolute Gasteiger partial charge is 0.393 e. The number of rotatable bonds is 12. The van der Waals surface area contributed by atoms with Gasteiger partial charge in [0, 0.05) is 37.5 Å². The van der Waals surface area contributed by atoms with E-state index in [1.54, 1.807) is 66.9 Å². The molecule has 0 atom stereocenters. The molecule has 11 nitrogen and oxygen atoms in total. The number of carbonyl (C=O) groups is 1. The third-order valence-corrected chi connectivity index (χ3v) is 10.7. The highest BCUT2D eigenvalue weighted by Crippen LogP contribution is 2.35. The van der Waals surface area contributed by atoms with Crippen LogP contribution < -0.4 is 14.9 Å². The van der Waals surface area contributed by atoms with Gasteiger partial charge in [0.2, 0.25) is 5.95 Å². The van der Waals surface area contributed by atoms with Crippen LogP contribution in [0.25, 0.3) is 22.3 Å². The van der Waals surface area contributed by atoms with Gasteiger partial charge in [0.25, 0.3) is 15.9 Å². The molecule has 1 aliphatic carbocycles. The fourth-order valence-electron chi connectivity index (χ4n) is 5.95. The molecule has 0 aliphatic heterocycles. The van der Waals surface area contributed by atoms with Crippen LogP contribution in [0.2, 0.25) is 0 Å². The van der Waals surface area contributed by atoms with E-state index in [9.17, 15) is 22.7 Å². The molecular formula is C36H40FN7O4S. The summed E-state index contributed by atoms with van der Waals surface area (Å²) >= 11 is 0. The number of carbonyl (C=O) groups excluding carboxylic acids is 1. The lowest BCUT2D eigenvalue weighted by Gasteiger charge is -2.25. The summed E-state index contributed by atoms with van der Waals surface area (Å²) in [4.78, 5) is 22.1. The summed E-state index contributed by atoms with van der Waals surface area (Å²) < 4.78 is 43.5. The maximum absolute atomic E-state index is 13.6. The molecule has 1 saturated carbocycles. The van der Waals surface area contributed by atoms with Crippen molar-refractivity contribution in [3.63, 3.8) is 0 Å². The monoisotopic (exact) mass is 685 g/mol. The van der Waals surface area contributed by atoms with Crippen LogP contribution in [0.5, 0.6) is 0 Å². The number of aliphatic hydroxyl groups is 1. The van der Waals surface area contributed by atoms with Crippen molar-refractivity contribution >= 4 is 38.6 Å². The van der Waals surface area contributed by atoms with Crippen molar-refractivity contribution in [2.24, 2.45) is 0 Å². The van der Waals surface area contributed by atoms with Crippen molar-refractivity contribution < 1.29 is 22.7 Å². The zero-order valence-corrected chi connectivity index (χ0v) is 28.3. The smallest absolute Gasteiger partial charge is 0.264 e. The first-order valence-corrected chi connectivity index (χ1v) is 18.0. The van der Waals surface area contributed by atoms with Gasteiger partial charge in [-0.3, -0.25) is 9.10 Å². The lowest BCUT2D eigenvalue weighted by atomic mass is 9.93. The second-order valence-electron chi connectivity index (χ2n) is 12.3. The number of nitrogens with zero attached hydrogens (tertiary/aromatic N) is 5. The van der Waals surface area contributed by atoms with Crippen LogP contribution in [0.15, 0.2) is 83.9 Å². The third kappa shape index (κ3) is 7.57. The van der Waals surface area contributed by atoms with E-state index in [0.717, 1.165) is 48.7 Å². The van der Waals surface area contributed by atoms with Crippen molar-refractivity contribution in [1.29, 1.82) is 0 Å². The maximum Gasteiger partial charge on any atom is 0.264 e. The molecule has 0 unspecified atom stereocenters. The number of aliphatic hydroxyl groups excluding tert-OH is 1. The standard InChI is InChI=1S/C36H40FN7O4S/c1-3-4-21-38-36-40-23-32-33(42-44(34(32)41-36)29-15-17-30(45)18-16-29)25-9-19-31(20-10-25)49(47,48)43(2)28-13-7-26(8-14-28)35(46)39-22-24-5-11-27(37)12-6-24/h5-14,19-20,23,29-30,45H,3-4,15-18,21-22H2,1-2H3,(H,39,46)(H,38,40,41)/t29-,30-. The van der Waals surface area contributed by atoms with Crippen LogP contribution in [-0.2, 0) is 16.6 Å². The second kappa shape index (κ2) is 14.7. The van der Waals surface area contributed by atoms with Gasteiger partial charge in [-0.1, -0.05) is 37.6 Å². The Kier molecular flexibility index (Phi) is 10.2. The molecule has 2 heterocycles. The first-order chi connectivity index (χ1) is 23.6. The number of hydrogen-bond donors (Lipinski definition) is 3. The molecule has 13 heteroatoms. The number of aromatic nitrogens is 4. The highest BCUT2D eigenvalue weighted by molar-refractivity contribution is 7.92. The number of benzene rings is 3. The van der Waals surface area contributed by atoms with Crippen LogP contribution in [0.3, 0.4) is 0 Å². The molecular weight excluding hydrogens is 646 g/mol. The molecule has 3 aromatic carbocycles. The molecule has 0 spiro atoms. The summed E-state index contributed by atoms with van der Waals surface area (Å²) in [5.74, 6) is -0.145. The number of halogens is 1. The lowest BCUT2D eigenvalue weighted by molar-refractivity contribution is 0.0950. The van der Waals surface area contributed by atoms with Crippen LogP contribution in [0.1, 0.15) is 67.4 Å². The van der Waals surface area contributed by atoms with E-state index in [-0.39, 0.29) is 35.3 Å². The SMILES string of the molecule is CCCCNc1ncc2c(-c3ccc(S(=O)(=O)N(C)c4ccc(C(=O)NCc5ccc(F)cc5)cc4)cc3)nn([C@H]3CC[C@H](O)CC3)c2n1. The number of fused-ring (bicyclic) bond motifs is 1. The summed E-state index contributed by atoms with van der Waals surface area (Å²) in [5, 5.41) is 21.9. The van der Waals surface area contributed by atoms with Gasteiger partial charge < -0.3 is 15.7 Å². The second-order valence-corrected chi connectivity index (χ2v) is 14.3. The van der Waals surface area contributed by atoms with Gasteiger partial charge in [0.1, 0.15) is 11.5 Å². The predicted molar refractivity (Wildman–Crippen MR) is 187 cm³/mol. The molecule has 0 bridgehead atoms. The normalized spacial score (nSPS) is 16.4. The Labute approximate surface area is 285 Å². The summed E-state index contributed by atoms with van der Waals surface area (Å²) in [7, 11) is -2.47. The number of amides is 1. The average Bonchev–Trinajstić information content (AvgIpc) is 3.50. The van der Waals surface area contributed by atoms with E-state index >= 15 is 0 Å². The van der Waals surface area contributed by atoms with Gasteiger partial charge in [-0.25, -0.2) is 22.5 Å². The van der Waals surface area contributed by atoms with Crippen molar-refractivity contribution in [3.05, 3.63) is 95.9 Å². The molecule has 0 radical (unpaired) electrons.